The highest BCUT2D eigenvalue weighted by molar-refractivity contribution is 6.30. The molecule has 13 heavy (non-hydrogen) atoms. The molecule has 0 saturated carbocycles. The van der Waals surface area contributed by atoms with Crippen LogP contribution in [0.5, 0.6) is 0 Å². The summed E-state index contributed by atoms with van der Waals surface area (Å²) in [7, 11) is 0. The Balaban J connectivity index is 2.77. The summed E-state index contributed by atoms with van der Waals surface area (Å²) < 4.78 is 0. The molecule has 0 unspecified atom stereocenters. The van der Waals surface area contributed by atoms with E-state index < -0.39 is 5.60 Å². The third-order valence-electron chi connectivity index (χ3n) is 1.70. The Morgan fingerprint density at radius 2 is 2.00 bits per heavy atom. The summed E-state index contributed by atoms with van der Waals surface area (Å²) in [6, 6.07) is 8.91. The van der Waals surface area contributed by atoms with Crippen LogP contribution in [0.4, 0.5) is 0 Å². The molecule has 1 N–H and O–H groups in total. The molecule has 1 aromatic carbocycles. The van der Waals surface area contributed by atoms with Crippen molar-refractivity contribution >= 4 is 11.6 Å². The SMILES string of the molecule is C[C@](O)(C#N)Cc1ccc(Cl)cc1. The van der Waals surface area contributed by atoms with Crippen LogP contribution in [0, 0.1) is 11.3 Å². The van der Waals surface area contributed by atoms with Crippen LogP contribution in [-0.4, -0.2) is 10.7 Å². The van der Waals surface area contributed by atoms with Crippen LogP contribution in [-0.2, 0) is 6.42 Å². The van der Waals surface area contributed by atoms with Crippen LogP contribution < -0.4 is 0 Å². The standard InChI is InChI=1S/C10H10ClNO/c1-10(13,7-12)6-8-2-4-9(11)5-3-8/h2-5,13H,6H2,1H3/t10-/m1/s1. The molecule has 0 heterocycles. The third-order valence-corrected chi connectivity index (χ3v) is 1.95. The molecule has 0 bridgehead atoms. The van der Waals surface area contributed by atoms with Crippen molar-refractivity contribution in [2.24, 2.45) is 0 Å². The molecule has 0 saturated heterocycles. The van der Waals surface area contributed by atoms with Gasteiger partial charge in [-0.1, -0.05) is 23.7 Å². The van der Waals surface area contributed by atoms with Gasteiger partial charge in [0.25, 0.3) is 0 Å². The summed E-state index contributed by atoms with van der Waals surface area (Å²) in [5.74, 6) is 0. The number of hydrogen-bond donors (Lipinski definition) is 1. The fourth-order valence-corrected chi connectivity index (χ4v) is 1.17. The number of nitriles is 1. The van der Waals surface area contributed by atoms with Gasteiger partial charge in [0.05, 0.1) is 6.07 Å². The van der Waals surface area contributed by atoms with Crippen LogP contribution >= 0.6 is 11.6 Å². The lowest BCUT2D eigenvalue weighted by atomic mass is 9.98. The van der Waals surface area contributed by atoms with Crippen LogP contribution in [0.15, 0.2) is 24.3 Å². The highest BCUT2D eigenvalue weighted by atomic mass is 35.5. The number of rotatable bonds is 2. The molecular formula is C10H10ClNO. The third kappa shape index (κ3) is 3.06. The van der Waals surface area contributed by atoms with E-state index in [1.54, 1.807) is 24.3 Å². The first-order chi connectivity index (χ1) is 6.03. The van der Waals surface area contributed by atoms with Gasteiger partial charge in [0, 0.05) is 11.4 Å². The molecule has 1 aromatic rings. The van der Waals surface area contributed by atoms with Crippen LogP contribution in [0.25, 0.3) is 0 Å². The van der Waals surface area contributed by atoms with Gasteiger partial charge < -0.3 is 5.11 Å². The second-order valence-corrected chi connectivity index (χ2v) is 3.63. The average Bonchev–Trinajstić information content (AvgIpc) is 2.09. The minimum Gasteiger partial charge on any atom is -0.375 e. The second-order valence-electron chi connectivity index (χ2n) is 3.19. The molecule has 1 atom stereocenters. The van der Waals surface area contributed by atoms with Crippen molar-refractivity contribution < 1.29 is 5.11 Å². The Morgan fingerprint density at radius 1 is 1.46 bits per heavy atom. The highest BCUT2D eigenvalue weighted by Crippen LogP contribution is 2.15. The largest absolute Gasteiger partial charge is 0.375 e. The topological polar surface area (TPSA) is 44.0 Å². The van der Waals surface area contributed by atoms with Gasteiger partial charge in [-0.25, -0.2) is 0 Å². The van der Waals surface area contributed by atoms with E-state index in [1.165, 1.54) is 6.92 Å². The molecule has 0 aliphatic rings. The first kappa shape index (κ1) is 10.0. The maximum Gasteiger partial charge on any atom is 0.152 e. The van der Waals surface area contributed by atoms with Gasteiger partial charge in [0.2, 0.25) is 0 Å². The van der Waals surface area contributed by atoms with Crippen LogP contribution in [0.1, 0.15) is 12.5 Å². The van der Waals surface area contributed by atoms with Gasteiger partial charge in [0.1, 0.15) is 0 Å². The lowest BCUT2D eigenvalue weighted by Crippen LogP contribution is -2.24. The normalized spacial score (nSPS) is 14.6. The molecule has 0 fully saturated rings. The Kier molecular flexibility index (Phi) is 2.92. The Hall–Kier alpha value is -1.04. The van der Waals surface area contributed by atoms with E-state index >= 15 is 0 Å². The van der Waals surface area contributed by atoms with E-state index in [4.69, 9.17) is 16.9 Å². The predicted octanol–water partition coefficient (Wildman–Crippen LogP) is 2.16. The molecule has 0 aliphatic carbocycles. The monoisotopic (exact) mass is 195 g/mol. The fraction of sp³-hybridized carbons (Fsp3) is 0.300. The minimum atomic E-state index is -1.30. The lowest BCUT2D eigenvalue weighted by molar-refractivity contribution is 0.120. The van der Waals surface area contributed by atoms with Crippen LogP contribution in [0.2, 0.25) is 5.02 Å². The van der Waals surface area contributed by atoms with E-state index in [0.717, 1.165) is 5.56 Å². The van der Waals surface area contributed by atoms with Crippen molar-refractivity contribution in [3.05, 3.63) is 34.9 Å². The molecule has 3 heteroatoms. The molecule has 2 nitrogen and oxygen atoms in total. The molecule has 1 rings (SSSR count). The minimum absolute atomic E-state index is 0.320. The molecule has 68 valence electrons. The van der Waals surface area contributed by atoms with Crippen LogP contribution in [0.3, 0.4) is 0 Å². The van der Waals surface area contributed by atoms with E-state index in [-0.39, 0.29) is 0 Å². The number of aliphatic hydroxyl groups is 1. The molecule has 0 amide bonds. The number of benzene rings is 1. The number of hydrogen-bond acceptors (Lipinski definition) is 2. The summed E-state index contributed by atoms with van der Waals surface area (Å²) in [6.45, 7) is 1.49. The maximum atomic E-state index is 9.45. The molecule has 0 aliphatic heterocycles. The zero-order chi connectivity index (χ0) is 9.90. The fourth-order valence-electron chi connectivity index (χ4n) is 1.04. The molecular weight excluding hydrogens is 186 g/mol. The average molecular weight is 196 g/mol. The van der Waals surface area contributed by atoms with E-state index in [9.17, 15) is 5.11 Å². The highest BCUT2D eigenvalue weighted by Gasteiger charge is 2.19. The van der Waals surface area contributed by atoms with E-state index in [1.807, 2.05) is 6.07 Å². The Morgan fingerprint density at radius 3 is 2.46 bits per heavy atom. The lowest BCUT2D eigenvalue weighted by Gasteiger charge is -2.13. The second kappa shape index (κ2) is 3.78. The first-order valence-electron chi connectivity index (χ1n) is 3.91. The van der Waals surface area contributed by atoms with Crippen molar-refractivity contribution in [2.75, 3.05) is 0 Å². The summed E-state index contributed by atoms with van der Waals surface area (Å²) in [4.78, 5) is 0. The van der Waals surface area contributed by atoms with Crippen molar-refractivity contribution in [3.63, 3.8) is 0 Å². The van der Waals surface area contributed by atoms with Gasteiger partial charge in [-0.15, -0.1) is 0 Å². The van der Waals surface area contributed by atoms with Crippen molar-refractivity contribution in [1.29, 1.82) is 5.26 Å². The van der Waals surface area contributed by atoms with Crippen molar-refractivity contribution in [3.8, 4) is 6.07 Å². The molecule has 0 radical (unpaired) electrons. The van der Waals surface area contributed by atoms with Gasteiger partial charge in [-0.3, -0.25) is 0 Å². The van der Waals surface area contributed by atoms with E-state index in [0.29, 0.717) is 11.4 Å². The number of nitrogens with zero attached hydrogens (tertiary/aromatic N) is 1. The predicted molar refractivity (Wildman–Crippen MR) is 51.4 cm³/mol. The maximum absolute atomic E-state index is 9.45. The summed E-state index contributed by atoms with van der Waals surface area (Å²) in [6.07, 6.45) is 0.320. The molecule has 0 spiro atoms. The molecule has 0 aromatic heterocycles. The summed E-state index contributed by atoms with van der Waals surface area (Å²) >= 11 is 5.69. The Labute approximate surface area is 82.4 Å². The zero-order valence-corrected chi connectivity index (χ0v) is 8.04. The quantitative estimate of drug-likeness (QED) is 0.735. The van der Waals surface area contributed by atoms with Gasteiger partial charge in [0.15, 0.2) is 5.60 Å². The van der Waals surface area contributed by atoms with Crippen molar-refractivity contribution in [1.82, 2.24) is 0 Å². The van der Waals surface area contributed by atoms with Crippen molar-refractivity contribution in [2.45, 2.75) is 18.9 Å². The summed E-state index contributed by atoms with van der Waals surface area (Å²) in [5.41, 5.74) is -0.399. The Bertz CT molecular complexity index is 324. The van der Waals surface area contributed by atoms with E-state index in [2.05, 4.69) is 0 Å². The summed E-state index contributed by atoms with van der Waals surface area (Å²) in [5, 5.41) is 18.7. The van der Waals surface area contributed by atoms with Gasteiger partial charge in [-0.05, 0) is 24.6 Å². The van der Waals surface area contributed by atoms with Gasteiger partial charge in [-0.2, -0.15) is 5.26 Å². The smallest absolute Gasteiger partial charge is 0.152 e. The number of halogens is 1. The first-order valence-corrected chi connectivity index (χ1v) is 4.29. The van der Waals surface area contributed by atoms with Gasteiger partial charge >= 0.3 is 0 Å². The zero-order valence-electron chi connectivity index (χ0n) is 7.29.